The van der Waals surface area contributed by atoms with Gasteiger partial charge in [-0.1, -0.05) is 301 Å². The summed E-state index contributed by atoms with van der Waals surface area (Å²) in [7, 11) is 0. The summed E-state index contributed by atoms with van der Waals surface area (Å²) in [6.45, 7) is 4.14. The van der Waals surface area contributed by atoms with E-state index in [1.165, 1.54) is 257 Å². The lowest BCUT2D eigenvalue weighted by atomic mass is 10.0. The van der Waals surface area contributed by atoms with E-state index in [0.29, 0.717) is 12.8 Å². The van der Waals surface area contributed by atoms with Crippen molar-refractivity contribution in [1.29, 1.82) is 0 Å². The first-order valence-electron chi connectivity index (χ1n) is 29.9. The number of esters is 2. The quantitative estimate of drug-likeness (QED) is 0.0374. The summed E-state index contributed by atoms with van der Waals surface area (Å²) in [5.41, 5.74) is 0. The first-order chi connectivity index (χ1) is 32.6. The van der Waals surface area contributed by atoms with Crippen LogP contribution in [0.5, 0.6) is 0 Å². The van der Waals surface area contributed by atoms with Crippen LogP contribution in [-0.4, -0.2) is 36.4 Å². The second-order valence-corrected chi connectivity index (χ2v) is 20.4. The Morgan fingerprint density at radius 3 is 0.924 bits per heavy atom. The lowest BCUT2D eigenvalue weighted by Crippen LogP contribution is -2.28. The molecule has 0 amide bonds. The highest BCUT2D eigenvalue weighted by Crippen LogP contribution is 2.18. The van der Waals surface area contributed by atoms with Gasteiger partial charge in [0.25, 0.3) is 0 Å². The average Bonchev–Trinajstić information content (AvgIpc) is 3.32. The Morgan fingerprint density at radius 2 is 0.606 bits per heavy atom. The molecule has 0 saturated heterocycles. The summed E-state index contributed by atoms with van der Waals surface area (Å²) in [5.74, 6) is -0.591. The number of rotatable bonds is 56. The summed E-state index contributed by atoms with van der Waals surface area (Å²) >= 11 is 0. The molecule has 0 aliphatic rings. The lowest BCUT2D eigenvalue weighted by Gasteiger charge is -2.15. The molecule has 0 aromatic carbocycles. The van der Waals surface area contributed by atoms with Crippen molar-refractivity contribution >= 4 is 11.9 Å². The van der Waals surface area contributed by atoms with E-state index in [-0.39, 0.29) is 25.2 Å². The SMILES string of the molecule is CCCCC/C=C\C/C=C\CCCCCCCC(=O)OC(CO)COC(=O)CCCCCCCCCCCCCCCCCCCCCCCCCCCCCCCCCCCCCCC. The zero-order valence-corrected chi connectivity index (χ0v) is 44.7. The van der Waals surface area contributed by atoms with Gasteiger partial charge in [-0.05, 0) is 44.9 Å². The van der Waals surface area contributed by atoms with Crippen molar-refractivity contribution in [3.8, 4) is 0 Å². The molecule has 0 radical (unpaired) electrons. The first-order valence-corrected chi connectivity index (χ1v) is 29.9. The monoisotopic (exact) mass is 929 g/mol. The molecule has 5 heteroatoms. The third-order valence-corrected chi connectivity index (χ3v) is 13.7. The Bertz CT molecular complexity index is 1010. The van der Waals surface area contributed by atoms with E-state index in [0.717, 1.165) is 51.4 Å². The van der Waals surface area contributed by atoms with Crippen LogP contribution in [0.1, 0.15) is 335 Å². The van der Waals surface area contributed by atoms with Crippen molar-refractivity contribution in [2.45, 2.75) is 341 Å². The summed E-state index contributed by atoms with van der Waals surface area (Å²) in [6, 6.07) is 0. The second-order valence-electron chi connectivity index (χ2n) is 20.4. The van der Waals surface area contributed by atoms with E-state index in [1.54, 1.807) is 0 Å². The number of allylic oxidation sites excluding steroid dienone is 4. The van der Waals surface area contributed by atoms with Gasteiger partial charge in [0.1, 0.15) is 6.61 Å². The molecule has 0 fully saturated rings. The largest absolute Gasteiger partial charge is 0.462 e. The van der Waals surface area contributed by atoms with E-state index in [4.69, 9.17) is 9.47 Å². The molecular formula is C61H116O5. The maximum atomic E-state index is 12.2. The van der Waals surface area contributed by atoms with Gasteiger partial charge in [0.15, 0.2) is 6.10 Å². The van der Waals surface area contributed by atoms with Crippen LogP contribution in [0.15, 0.2) is 24.3 Å². The highest BCUT2D eigenvalue weighted by molar-refractivity contribution is 5.70. The van der Waals surface area contributed by atoms with Crippen molar-refractivity contribution in [2.75, 3.05) is 13.2 Å². The average molecular weight is 930 g/mol. The third-order valence-electron chi connectivity index (χ3n) is 13.7. The minimum Gasteiger partial charge on any atom is -0.462 e. The Kier molecular flexibility index (Phi) is 56.3. The fourth-order valence-corrected chi connectivity index (χ4v) is 9.24. The fourth-order valence-electron chi connectivity index (χ4n) is 9.24. The highest BCUT2D eigenvalue weighted by atomic mass is 16.6. The van der Waals surface area contributed by atoms with Gasteiger partial charge >= 0.3 is 11.9 Å². The van der Waals surface area contributed by atoms with Crippen LogP contribution < -0.4 is 0 Å². The molecule has 0 aromatic rings. The molecular weight excluding hydrogens is 813 g/mol. The highest BCUT2D eigenvalue weighted by Gasteiger charge is 2.16. The maximum Gasteiger partial charge on any atom is 0.306 e. The van der Waals surface area contributed by atoms with Gasteiger partial charge in [-0.25, -0.2) is 0 Å². The van der Waals surface area contributed by atoms with Gasteiger partial charge in [0.05, 0.1) is 6.61 Å². The van der Waals surface area contributed by atoms with Crippen LogP contribution in [0.2, 0.25) is 0 Å². The number of hydrogen-bond acceptors (Lipinski definition) is 5. The minimum atomic E-state index is -0.776. The molecule has 390 valence electrons. The molecule has 1 N–H and O–H groups in total. The number of hydrogen-bond donors (Lipinski definition) is 1. The van der Waals surface area contributed by atoms with Crippen LogP contribution in [0.4, 0.5) is 0 Å². The molecule has 0 saturated carbocycles. The van der Waals surface area contributed by atoms with Crippen molar-refractivity contribution < 1.29 is 24.2 Å². The molecule has 1 unspecified atom stereocenters. The molecule has 0 aromatic heterocycles. The molecule has 1 atom stereocenters. The number of aliphatic hydroxyl groups excluding tert-OH is 1. The molecule has 0 spiro atoms. The molecule has 0 heterocycles. The summed E-state index contributed by atoms with van der Waals surface area (Å²) in [5, 5.41) is 9.62. The van der Waals surface area contributed by atoms with Gasteiger partial charge in [-0.2, -0.15) is 0 Å². The third kappa shape index (κ3) is 55.0. The topological polar surface area (TPSA) is 72.8 Å². The van der Waals surface area contributed by atoms with Gasteiger partial charge in [-0.3, -0.25) is 9.59 Å². The van der Waals surface area contributed by atoms with Crippen molar-refractivity contribution in [1.82, 2.24) is 0 Å². The Labute approximate surface area is 413 Å². The molecule has 0 bridgehead atoms. The predicted molar refractivity (Wildman–Crippen MR) is 288 cm³/mol. The normalized spacial score (nSPS) is 12.2. The van der Waals surface area contributed by atoms with E-state index in [1.807, 2.05) is 0 Å². The lowest BCUT2D eigenvalue weighted by molar-refractivity contribution is -0.161. The first kappa shape index (κ1) is 64.4. The summed E-state index contributed by atoms with van der Waals surface area (Å²) in [4.78, 5) is 24.4. The van der Waals surface area contributed by atoms with Crippen molar-refractivity contribution in [2.24, 2.45) is 0 Å². The number of carbonyl (C=O) groups excluding carboxylic acids is 2. The van der Waals surface area contributed by atoms with Gasteiger partial charge in [0, 0.05) is 12.8 Å². The number of unbranched alkanes of at least 4 members (excludes halogenated alkanes) is 44. The van der Waals surface area contributed by atoms with Crippen LogP contribution >= 0.6 is 0 Å². The molecule has 66 heavy (non-hydrogen) atoms. The van der Waals surface area contributed by atoms with Crippen molar-refractivity contribution in [3.63, 3.8) is 0 Å². The second kappa shape index (κ2) is 57.7. The van der Waals surface area contributed by atoms with Gasteiger partial charge in [-0.15, -0.1) is 0 Å². The van der Waals surface area contributed by atoms with Crippen LogP contribution in [-0.2, 0) is 19.1 Å². The van der Waals surface area contributed by atoms with E-state index in [9.17, 15) is 14.7 Å². The molecule has 0 aliphatic heterocycles. The minimum absolute atomic E-state index is 0.0665. The number of carbonyl (C=O) groups is 2. The number of aliphatic hydroxyl groups is 1. The Hall–Kier alpha value is -1.62. The molecule has 5 nitrogen and oxygen atoms in total. The van der Waals surface area contributed by atoms with E-state index < -0.39 is 6.10 Å². The van der Waals surface area contributed by atoms with E-state index in [2.05, 4.69) is 38.2 Å². The molecule has 0 rings (SSSR count). The van der Waals surface area contributed by atoms with Gasteiger partial charge < -0.3 is 14.6 Å². The predicted octanol–water partition coefficient (Wildman–Crippen LogP) is 20.1. The maximum absolute atomic E-state index is 12.2. The Balaban J connectivity index is 3.35. The van der Waals surface area contributed by atoms with Gasteiger partial charge in [0.2, 0.25) is 0 Å². The smallest absolute Gasteiger partial charge is 0.306 e. The zero-order valence-electron chi connectivity index (χ0n) is 44.7. The van der Waals surface area contributed by atoms with Crippen LogP contribution in [0.3, 0.4) is 0 Å². The van der Waals surface area contributed by atoms with Crippen LogP contribution in [0, 0.1) is 0 Å². The summed E-state index contributed by atoms with van der Waals surface area (Å²) in [6.07, 6.45) is 73.4. The fraction of sp³-hybridized carbons (Fsp3) is 0.902. The molecule has 0 aliphatic carbocycles. The standard InChI is InChI=1S/C61H116O5/c1-3-5-7-9-11-13-15-17-19-20-21-22-23-24-25-26-27-28-29-30-31-32-33-34-35-36-37-38-39-40-42-43-45-47-49-51-53-55-60(63)65-58-59(57-62)66-61(64)56-54-52-50-48-46-44-41-18-16-14-12-10-8-6-4-2/h12,14,18,41,59,62H,3-11,13,15-17,19-40,42-58H2,1-2H3/b14-12-,41-18-. The Morgan fingerprint density at radius 1 is 0.348 bits per heavy atom. The van der Waals surface area contributed by atoms with E-state index >= 15 is 0 Å². The summed E-state index contributed by atoms with van der Waals surface area (Å²) < 4.78 is 10.7. The van der Waals surface area contributed by atoms with Crippen LogP contribution in [0.25, 0.3) is 0 Å². The number of ether oxygens (including phenoxy) is 2. The zero-order chi connectivity index (χ0) is 47.7. The van der Waals surface area contributed by atoms with Crippen molar-refractivity contribution in [3.05, 3.63) is 24.3 Å².